The Kier molecular flexibility index (Phi) is 4.07. The summed E-state index contributed by atoms with van der Waals surface area (Å²) < 4.78 is 37.1. The van der Waals surface area contributed by atoms with Crippen LogP contribution in [0.4, 0.5) is 13.2 Å². The Morgan fingerprint density at radius 3 is 2.50 bits per heavy atom. The van der Waals surface area contributed by atoms with Crippen LogP contribution in [0.1, 0.15) is 5.56 Å². The summed E-state index contributed by atoms with van der Waals surface area (Å²) in [5.74, 6) is 0.0949. The number of β-amino-alcohol motifs (C(OH)–C–C–N with tert-alkyl or cyclic N) is 1. The first-order valence-corrected chi connectivity index (χ1v) is 5.95. The van der Waals surface area contributed by atoms with Crippen LogP contribution in [0.3, 0.4) is 0 Å². The minimum absolute atomic E-state index is 0.0949. The third kappa shape index (κ3) is 3.14. The van der Waals surface area contributed by atoms with Crippen LogP contribution in [0.15, 0.2) is 29.4 Å². The van der Waals surface area contributed by atoms with E-state index in [0.29, 0.717) is 10.6 Å². The molecular weight excluding hydrogens is 299 g/mol. The summed E-state index contributed by atoms with van der Waals surface area (Å²) in [5.41, 5.74) is 2.71. The van der Waals surface area contributed by atoms with Gasteiger partial charge < -0.3 is 15.1 Å². The Hall–Kier alpha value is -1.51. The molecule has 3 N–H and O–H groups in total. The molecule has 1 aliphatic rings. The largest absolute Gasteiger partial charge is 0.416 e. The highest BCUT2D eigenvalue weighted by Crippen LogP contribution is 2.23. The minimum atomic E-state index is -4.77. The number of amidine groups is 1. The van der Waals surface area contributed by atoms with Gasteiger partial charge in [-0.3, -0.25) is 5.43 Å². The van der Waals surface area contributed by atoms with E-state index in [0.717, 1.165) is 4.90 Å². The number of rotatable bonds is 3. The lowest BCUT2D eigenvalue weighted by molar-refractivity contribution is -0.209. The summed E-state index contributed by atoms with van der Waals surface area (Å²) in [5, 5.41) is 22.9. The molecule has 1 heterocycles. The molecule has 0 fully saturated rings. The molecule has 0 spiro atoms. The normalized spacial score (nSPS) is 20.6. The third-order valence-corrected chi connectivity index (χ3v) is 2.96. The Morgan fingerprint density at radius 2 is 1.95 bits per heavy atom. The number of hydrazone groups is 1. The average Bonchev–Trinajstić information content (AvgIpc) is 2.71. The fourth-order valence-corrected chi connectivity index (χ4v) is 1.80. The molecule has 0 aromatic heterocycles. The Labute approximate surface area is 117 Å². The standard InChI is InChI=1S/C11H11ClF3N3O2/c12-7-3-1-6(2-4-7)9-16-17-10(20)18(9)5-8(19)11(13,14)15/h1-4,8,10,17,19-20H,5H2. The van der Waals surface area contributed by atoms with Crippen molar-refractivity contribution in [3.05, 3.63) is 34.9 Å². The maximum Gasteiger partial charge on any atom is 0.416 e. The van der Waals surface area contributed by atoms with Crippen molar-refractivity contribution in [1.82, 2.24) is 10.3 Å². The van der Waals surface area contributed by atoms with Gasteiger partial charge in [0.15, 0.2) is 11.9 Å². The van der Waals surface area contributed by atoms with Crippen molar-refractivity contribution in [3.8, 4) is 0 Å². The van der Waals surface area contributed by atoms with Gasteiger partial charge in [-0.05, 0) is 24.3 Å². The van der Waals surface area contributed by atoms with Gasteiger partial charge in [0.25, 0.3) is 0 Å². The van der Waals surface area contributed by atoms with Crippen molar-refractivity contribution in [2.24, 2.45) is 5.10 Å². The lowest BCUT2D eigenvalue weighted by atomic mass is 10.2. The molecule has 110 valence electrons. The van der Waals surface area contributed by atoms with Crippen molar-refractivity contribution < 1.29 is 23.4 Å². The van der Waals surface area contributed by atoms with E-state index in [-0.39, 0.29) is 5.84 Å². The van der Waals surface area contributed by atoms with Gasteiger partial charge in [0.2, 0.25) is 6.35 Å². The van der Waals surface area contributed by atoms with E-state index >= 15 is 0 Å². The predicted molar refractivity (Wildman–Crippen MR) is 65.9 cm³/mol. The summed E-state index contributed by atoms with van der Waals surface area (Å²) in [6.07, 6.45) is -8.79. The topological polar surface area (TPSA) is 68.1 Å². The first kappa shape index (κ1) is 14.9. The van der Waals surface area contributed by atoms with E-state index in [1.54, 1.807) is 24.3 Å². The number of nitrogens with zero attached hydrogens (tertiary/aromatic N) is 2. The second-order valence-corrected chi connectivity index (χ2v) is 4.59. The van der Waals surface area contributed by atoms with Crippen LogP contribution in [0.2, 0.25) is 5.02 Å². The average molecular weight is 310 g/mol. The number of aliphatic hydroxyl groups is 2. The van der Waals surface area contributed by atoms with Crippen molar-refractivity contribution in [2.45, 2.75) is 18.6 Å². The molecule has 2 rings (SSSR count). The molecule has 0 radical (unpaired) electrons. The molecule has 2 atom stereocenters. The molecule has 1 aliphatic heterocycles. The fraction of sp³-hybridized carbons (Fsp3) is 0.364. The van der Waals surface area contributed by atoms with Crippen LogP contribution in [0, 0.1) is 0 Å². The number of nitrogens with one attached hydrogen (secondary N) is 1. The van der Waals surface area contributed by atoms with Crippen molar-refractivity contribution in [1.29, 1.82) is 0 Å². The number of hydrogen-bond donors (Lipinski definition) is 3. The fourth-order valence-electron chi connectivity index (χ4n) is 1.67. The van der Waals surface area contributed by atoms with E-state index in [4.69, 9.17) is 16.7 Å². The van der Waals surface area contributed by atoms with Crippen molar-refractivity contribution in [3.63, 3.8) is 0 Å². The number of halogens is 4. The smallest absolute Gasteiger partial charge is 0.382 e. The zero-order chi connectivity index (χ0) is 14.9. The minimum Gasteiger partial charge on any atom is -0.382 e. The van der Waals surface area contributed by atoms with E-state index in [2.05, 4.69) is 10.5 Å². The first-order valence-electron chi connectivity index (χ1n) is 5.57. The molecule has 0 aliphatic carbocycles. The number of benzene rings is 1. The van der Waals surface area contributed by atoms with Crippen LogP contribution in [-0.2, 0) is 0 Å². The first-order chi connectivity index (χ1) is 9.29. The molecule has 20 heavy (non-hydrogen) atoms. The lowest BCUT2D eigenvalue weighted by Gasteiger charge is -2.26. The zero-order valence-corrected chi connectivity index (χ0v) is 10.7. The zero-order valence-electron chi connectivity index (χ0n) is 9.97. The second kappa shape index (κ2) is 5.47. The Morgan fingerprint density at radius 1 is 1.35 bits per heavy atom. The maximum absolute atomic E-state index is 12.4. The third-order valence-electron chi connectivity index (χ3n) is 2.70. The molecular formula is C11H11ClF3N3O2. The highest BCUT2D eigenvalue weighted by Gasteiger charge is 2.42. The van der Waals surface area contributed by atoms with Gasteiger partial charge in [-0.2, -0.15) is 18.3 Å². The summed E-state index contributed by atoms with van der Waals surface area (Å²) >= 11 is 5.72. The number of hydrogen-bond acceptors (Lipinski definition) is 5. The predicted octanol–water partition coefficient (Wildman–Crippen LogP) is 1.11. The molecule has 0 amide bonds. The van der Waals surface area contributed by atoms with Crippen LogP contribution in [0.25, 0.3) is 0 Å². The summed E-state index contributed by atoms with van der Waals surface area (Å²) in [7, 11) is 0. The van der Waals surface area contributed by atoms with Crippen LogP contribution >= 0.6 is 11.6 Å². The van der Waals surface area contributed by atoms with Crippen LogP contribution in [0.5, 0.6) is 0 Å². The SMILES string of the molecule is OC1NN=C(c2ccc(Cl)cc2)N1CC(O)C(F)(F)F. The molecule has 9 heteroatoms. The van der Waals surface area contributed by atoms with Gasteiger partial charge in [0, 0.05) is 10.6 Å². The molecule has 1 aromatic rings. The van der Waals surface area contributed by atoms with Crippen LogP contribution in [-0.4, -0.2) is 46.1 Å². The van der Waals surface area contributed by atoms with Gasteiger partial charge in [0.1, 0.15) is 0 Å². The van der Waals surface area contributed by atoms with E-state index < -0.39 is 25.2 Å². The van der Waals surface area contributed by atoms with E-state index in [1.165, 1.54) is 0 Å². The summed E-state index contributed by atoms with van der Waals surface area (Å²) in [4.78, 5) is 0.918. The quantitative estimate of drug-likeness (QED) is 0.782. The summed E-state index contributed by atoms with van der Waals surface area (Å²) in [6, 6.07) is 6.19. The second-order valence-electron chi connectivity index (χ2n) is 4.15. The van der Waals surface area contributed by atoms with Gasteiger partial charge in [-0.15, -0.1) is 0 Å². The lowest BCUT2D eigenvalue weighted by Crippen LogP contribution is -2.48. The van der Waals surface area contributed by atoms with Crippen molar-refractivity contribution in [2.75, 3.05) is 6.54 Å². The molecule has 2 unspecified atom stereocenters. The van der Waals surface area contributed by atoms with Gasteiger partial charge in [-0.25, -0.2) is 0 Å². The Bertz CT molecular complexity index is 507. The van der Waals surface area contributed by atoms with Crippen LogP contribution < -0.4 is 5.43 Å². The highest BCUT2D eigenvalue weighted by atomic mass is 35.5. The monoisotopic (exact) mass is 309 g/mol. The van der Waals surface area contributed by atoms with Gasteiger partial charge in [-0.1, -0.05) is 11.6 Å². The van der Waals surface area contributed by atoms with E-state index in [9.17, 15) is 18.3 Å². The van der Waals surface area contributed by atoms with Gasteiger partial charge in [0.05, 0.1) is 6.54 Å². The number of alkyl halides is 3. The molecule has 0 saturated heterocycles. The van der Waals surface area contributed by atoms with Gasteiger partial charge >= 0.3 is 6.18 Å². The van der Waals surface area contributed by atoms with Crippen molar-refractivity contribution >= 4 is 17.4 Å². The molecule has 0 saturated carbocycles. The maximum atomic E-state index is 12.4. The summed E-state index contributed by atoms with van der Waals surface area (Å²) in [6.45, 7) is -0.834. The molecule has 5 nitrogen and oxygen atoms in total. The molecule has 0 bridgehead atoms. The Balaban J connectivity index is 2.18. The highest BCUT2D eigenvalue weighted by molar-refractivity contribution is 6.30. The van der Waals surface area contributed by atoms with E-state index in [1.807, 2.05) is 0 Å². The molecule has 1 aromatic carbocycles. The number of aliphatic hydroxyl groups excluding tert-OH is 2.